The molecule has 1 aliphatic rings. The molecule has 1 N–H and O–H groups in total. The molecule has 1 fully saturated rings. The normalized spacial score (nSPS) is 19.2. The number of hydrogen-bond donors (Lipinski definition) is 1. The highest BCUT2D eigenvalue weighted by Crippen LogP contribution is 2.14. The second-order valence-electron chi connectivity index (χ2n) is 4.37. The maximum Gasteiger partial charge on any atom is 0.354 e. The van der Waals surface area contributed by atoms with Crippen molar-refractivity contribution < 1.29 is 19.4 Å². The summed E-state index contributed by atoms with van der Waals surface area (Å²) in [5.74, 6) is -1.23. The van der Waals surface area contributed by atoms with E-state index in [1.165, 1.54) is 18.3 Å². The fraction of sp³-hybridized carbons (Fsp3) is 0.462. The van der Waals surface area contributed by atoms with Gasteiger partial charge in [0.1, 0.15) is 5.69 Å². The predicted molar refractivity (Wildman–Crippen MR) is 67.1 cm³/mol. The van der Waals surface area contributed by atoms with Crippen LogP contribution in [0.4, 0.5) is 0 Å². The minimum atomic E-state index is -1.10. The van der Waals surface area contributed by atoms with Crippen LogP contribution in [0.3, 0.4) is 0 Å². The summed E-state index contributed by atoms with van der Waals surface area (Å²) >= 11 is 0. The lowest BCUT2D eigenvalue weighted by Gasteiger charge is -2.35. The average molecular weight is 264 g/mol. The van der Waals surface area contributed by atoms with Gasteiger partial charge < -0.3 is 14.7 Å². The Bertz CT molecular complexity index is 472. The van der Waals surface area contributed by atoms with E-state index in [2.05, 4.69) is 4.98 Å². The van der Waals surface area contributed by atoms with Crippen LogP contribution in [0.2, 0.25) is 0 Å². The molecule has 1 unspecified atom stereocenters. The molecule has 19 heavy (non-hydrogen) atoms. The van der Waals surface area contributed by atoms with Gasteiger partial charge in [0.2, 0.25) is 0 Å². The topological polar surface area (TPSA) is 79.7 Å². The molecule has 1 aliphatic heterocycles. The number of carboxylic acids is 1. The van der Waals surface area contributed by atoms with Crippen molar-refractivity contribution in [3.8, 4) is 0 Å². The summed E-state index contributed by atoms with van der Waals surface area (Å²) in [6.45, 7) is 3.63. The predicted octanol–water partition coefficient (Wildman–Crippen LogP) is 1.03. The Hall–Kier alpha value is -1.95. The first kappa shape index (κ1) is 13.5. The number of ether oxygens (including phenoxy) is 1. The van der Waals surface area contributed by atoms with Crippen LogP contribution < -0.4 is 0 Å². The Morgan fingerprint density at radius 1 is 1.53 bits per heavy atom. The molecule has 0 saturated carbocycles. The highest BCUT2D eigenvalue weighted by molar-refractivity contribution is 5.95. The number of nitrogens with zero attached hydrogens (tertiary/aromatic N) is 2. The van der Waals surface area contributed by atoms with Crippen LogP contribution >= 0.6 is 0 Å². The quantitative estimate of drug-likeness (QED) is 0.882. The van der Waals surface area contributed by atoms with Gasteiger partial charge in [0.05, 0.1) is 24.8 Å². The number of carboxylic acid groups (broad SMARTS) is 1. The van der Waals surface area contributed by atoms with E-state index in [1.54, 1.807) is 4.90 Å². The standard InChI is InChI=1S/C13H16N2O4/c1-2-10-8-19-6-5-15(10)12(16)9-3-4-11(13(17)18)14-7-9/h3-4,7,10H,2,5-6,8H2,1H3,(H,17,18). The monoisotopic (exact) mass is 264 g/mol. The fourth-order valence-electron chi connectivity index (χ4n) is 2.07. The molecule has 1 amide bonds. The lowest BCUT2D eigenvalue weighted by molar-refractivity contribution is -0.00282. The first-order chi connectivity index (χ1) is 9.13. The molecule has 0 radical (unpaired) electrons. The summed E-state index contributed by atoms with van der Waals surface area (Å²) in [5, 5.41) is 8.77. The molecule has 2 rings (SSSR count). The molecule has 1 aromatic heterocycles. The molecule has 1 saturated heterocycles. The van der Waals surface area contributed by atoms with E-state index >= 15 is 0 Å². The van der Waals surface area contributed by atoms with Crippen molar-refractivity contribution in [2.24, 2.45) is 0 Å². The van der Waals surface area contributed by atoms with Gasteiger partial charge in [0.25, 0.3) is 5.91 Å². The highest BCUT2D eigenvalue weighted by Gasteiger charge is 2.26. The van der Waals surface area contributed by atoms with Gasteiger partial charge in [0.15, 0.2) is 0 Å². The van der Waals surface area contributed by atoms with Crippen molar-refractivity contribution in [1.82, 2.24) is 9.88 Å². The molecule has 0 spiro atoms. The summed E-state index contributed by atoms with van der Waals surface area (Å²) in [4.78, 5) is 28.6. The summed E-state index contributed by atoms with van der Waals surface area (Å²) < 4.78 is 5.35. The van der Waals surface area contributed by atoms with Crippen molar-refractivity contribution in [3.63, 3.8) is 0 Å². The van der Waals surface area contributed by atoms with Crippen LogP contribution in [0.15, 0.2) is 18.3 Å². The molecule has 6 nitrogen and oxygen atoms in total. The summed E-state index contributed by atoms with van der Waals surface area (Å²) in [5.41, 5.74) is 0.343. The highest BCUT2D eigenvalue weighted by atomic mass is 16.5. The Kier molecular flexibility index (Phi) is 4.11. The molecule has 0 aromatic carbocycles. The van der Waals surface area contributed by atoms with E-state index in [-0.39, 0.29) is 17.6 Å². The molecular formula is C13H16N2O4. The molecule has 2 heterocycles. The third-order valence-electron chi connectivity index (χ3n) is 3.19. The van der Waals surface area contributed by atoms with Gasteiger partial charge in [-0.05, 0) is 18.6 Å². The summed E-state index contributed by atoms with van der Waals surface area (Å²) in [6.07, 6.45) is 2.14. The van der Waals surface area contributed by atoms with Crippen LogP contribution in [0.1, 0.15) is 34.2 Å². The minimum absolute atomic E-state index is 0.0643. The number of hydrogen-bond acceptors (Lipinski definition) is 4. The van der Waals surface area contributed by atoms with Crippen molar-refractivity contribution in [1.29, 1.82) is 0 Å². The van der Waals surface area contributed by atoms with E-state index in [9.17, 15) is 9.59 Å². The van der Waals surface area contributed by atoms with Crippen molar-refractivity contribution in [2.75, 3.05) is 19.8 Å². The van der Waals surface area contributed by atoms with Crippen molar-refractivity contribution in [3.05, 3.63) is 29.6 Å². The smallest absolute Gasteiger partial charge is 0.354 e. The van der Waals surface area contributed by atoms with Crippen LogP contribution in [0, 0.1) is 0 Å². The van der Waals surface area contributed by atoms with Crippen LogP contribution in [0.5, 0.6) is 0 Å². The van der Waals surface area contributed by atoms with Gasteiger partial charge >= 0.3 is 5.97 Å². The number of morpholine rings is 1. The van der Waals surface area contributed by atoms with E-state index in [1.807, 2.05) is 6.92 Å². The zero-order valence-electron chi connectivity index (χ0n) is 10.7. The summed E-state index contributed by atoms with van der Waals surface area (Å²) in [7, 11) is 0. The van der Waals surface area contributed by atoms with E-state index < -0.39 is 5.97 Å². The number of pyridine rings is 1. The molecular weight excluding hydrogens is 248 g/mol. The van der Waals surface area contributed by atoms with Crippen LogP contribution in [-0.2, 0) is 4.74 Å². The van der Waals surface area contributed by atoms with E-state index in [4.69, 9.17) is 9.84 Å². The molecule has 102 valence electrons. The minimum Gasteiger partial charge on any atom is -0.477 e. The van der Waals surface area contributed by atoms with Gasteiger partial charge in [-0.3, -0.25) is 4.79 Å². The maximum atomic E-state index is 12.3. The Labute approximate surface area is 111 Å². The number of aromatic nitrogens is 1. The number of amides is 1. The second-order valence-corrected chi connectivity index (χ2v) is 4.37. The Morgan fingerprint density at radius 2 is 2.32 bits per heavy atom. The van der Waals surface area contributed by atoms with Gasteiger partial charge in [-0.25, -0.2) is 9.78 Å². The lowest BCUT2D eigenvalue weighted by Crippen LogP contribution is -2.48. The fourth-order valence-corrected chi connectivity index (χ4v) is 2.07. The van der Waals surface area contributed by atoms with Gasteiger partial charge in [-0.1, -0.05) is 6.92 Å². The van der Waals surface area contributed by atoms with Gasteiger partial charge in [-0.15, -0.1) is 0 Å². The Balaban J connectivity index is 2.16. The lowest BCUT2D eigenvalue weighted by atomic mass is 10.1. The Morgan fingerprint density at radius 3 is 2.89 bits per heavy atom. The molecule has 0 aliphatic carbocycles. The number of carbonyl (C=O) groups is 2. The zero-order valence-corrected chi connectivity index (χ0v) is 10.7. The third-order valence-corrected chi connectivity index (χ3v) is 3.19. The van der Waals surface area contributed by atoms with Crippen LogP contribution in [-0.4, -0.2) is 52.7 Å². The number of rotatable bonds is 3. The molecule has 1 aromatic rings. The van der Waals surface area contributed by atoms with Crippen LogP contribution in [0.25, 0.3) is 0 Å². The SMILES string of the molecule is CCC1COCCN1C(=O)c1ccc(C(=O)O)nc1. The van der Waals surface area contributed by atoms with E-state index in [0.29, 0.717) is 25.3 Å². The third kappa shape index (κ3) is 2.90. The van der Waals surface area contributed by atoms with Crippen molar-refractivity contribution >= 4 is 11.9 Å². The molecule has 0 bridgehead atoms. The van der Waals surface area contributed by atoms with Crippen molar-refractivity contribution in [2.45, 2.75) is 19.4 Å². The number of aromatic carboxylic acids is 1. The molecule has 6 heteroatoms. The summed E-state index contributed by atoms with van der Waals surface area (Å²) in [6, 6.07) is 2.91. The van der Waals surface area contributed by atoms with Gasteiger partial charge in [-0.2, -0.15) is 0 Å². The maximum absolute atomic E-state index is 12.3. The first-order valence-electron chi connectivity index (χ1n) is 6.21. The second kappa shape index (κ2) is 5.79. The number of carbonyl (C=O) groups excluding carboxylic acids is 1. The average Bonchev–Trinajstić information content (AvgIpc) is 2.46. The largest absolute Gasteiger partial charge is 0.477 e. The zero-order chi connectivity index (χ0) is 13.8. The van der Waals surface area contributed by atoms with E-state index in [0.717, 1.165) is 6.42 Å². The first-order valence-corrected chi connectivity index (χ1v) is 6.21. The molecule has 1 atom stereocenters. The van der Waals surface area contributed by atoms with Gasteiger partial charge in [0, 0.05) is 12.7 Å².